The molecule has 2 heterocycles. The quantitative estimate of drug-likeness (QED) is 0.382. The molecule has 2 aromatic carbocycles. The van der Waals surface area contributed by atoms with Gasteiger partial charge in [0, 0.05) is 41.3 Å². The molecule has 154 valence electrons. The summed E-state index contributed by atoms with van der Waals surface area (Å²) in [7, 11) is 1.79. The van der Waals surface area contributed by atoms with E-state index >= 15 is 0 Å². The van der Waals surface area contributed by atoms with E-state index in [0.29, 0.717) is 11.6 Å². The third kappa shape index (κ3) is 5.37. The van der Waals surface area contributed by atoms with Crippen LogP contribution in [0.3, 0.4) is 0 Å². The van der Waals surface area contributed by atoms with Crippen molar-refractivity contribution in [2.75, 3.05) is 23.0 Å². The van der Waals surface area contributed by atoms with Gasteiger partial charge in [-0.3, -0.25) is 0 Å². The molecule has 2 amide bonds. The lowest BCUT2D eigenvalue weighted by Crippen LogP contribution is -2.19. The Hall–Kier alpha value is -3.91. The summed E-state index contributed by atoms with van der Waals surface area (Å²) < 4.78 is 0. The van der Waals surface area contributed by atoms with Gasteiger partial charge in [-0.25, -0.2) is 19.7 Å². The Labute approximate surface area is 184 Å². The highest BCUT2D eigenvalue weighted by atomic mass is 32.2. The van der Waals surface area contributed by atoms with Crippen molar-refractivity contribution < 1.29 is 4.79 Å². The maximum Gasteiger partial charge on any atom is 0.323 e. The summed E-state index contributed by atoms with van der Waals surface area (Å²) in [5.41, 5.74) is 3.16. The maximum atomic E-state index is 12.2. The van der Waals surface area contributed by atoms with E-state index in [4.69, 9.17) is 0 Å². The number of carbonyl (C=O) groups is 1. The minimum absolute atomic E-state index is 0.289. The third-order valence-electron chi connectivity index (χ3n) is 4.28. The zero-order chi connectivity index (χ0) is 21.5. The van der Waals surface area contributed by atoms with Crippen LogP contribution >= 0.6 is 11.8 Å². The van der Waals surface area contributed by atoms with Crippen molar-refractivity contribution >= 4 is 35.1 Å². The second-order valence-corrected chi connectivity index (χ2v) is 7.51. The molecule has 0 fully saturated rings. The molecule has 0 spiro atoms. The number of pyridine rings is 1. The minimum atomic E-state index is -0.289. The van der Waals surface area contributed by atoms with E-state index in [0.717, 1.165) is 26.9 Å². The van der Waals surface area contributed by atoms with Crippen molar-refractivity contribution in [3.8, 4) is 11.3 Å². The molecule has 4 rings (SSSR count). The van der Waals surface area contributed by atoms with Gasteiger partial charge in [-0.15, -0.1) is 0 Å². The van der Waals surface area contributed by atoms with Crippen LogP contribution in [0.4, 0.5) is 22.1 Å². The first-order valence-electron chi connectivity index (χ1n) is 9.58. The fourth-order valence-corrected chi connectivity index (χ4v) is 3.72. The van der Waals surface area contributed by atoms with Gasteiger partial charge < -0.3 is 16.0 Å². The highest BCUT2D eigenvalue weighted by molar-refractivity contribution is 7.99. The SMILES string of the molecule is CNc1nccc(-c2cccnc2Sc2ccc(NC(=O)Nc3ccccc3)cc2)n1. The van der Waals surface area contributed by atoms with Crippen LogP contribution in [0, 0.1) is 0 Å². The summed E-state index contributed by atoms with van der Waals surface area (Å²) in [5, 5.41) is 9.42. The number of hydrogen-bond donors (Lipinski definition) is 3. The Morgan fingerprint density at radius 2 is 1.55 bits per heavy atom. The number of nitrogens with zero attached hydrogens (tertiary/aromatic N) is 3. The van der Waals surface area contributed by atoms with Crippen LogP contribution in [0.15, 0.2) is 95.1 Å². The van der Waals surface area contributed by atoms with E-state index in [9.17, 15) is 4.79 Å². The number of para-hydroxylation sites is 1. The second kappa shape index (κ2) is 9.73. The lowest BCUT2D eigenvalue weighted by Gasteiger charge is -2.10. The molecular weight excluding hydrogens is 408 g/mol. The van der Waals surface area contributed by atoms with Gasteiger partial charge >= 0.3 is 6.03 Å². The van der Waals surface area contributed by atoms with E-state index < -0.39 is 0 Å². The average molecular weight is 429 g/mol. The number of nitrogens with one attached hydrogen (secondary N) is 3. The fraction of sp³-hybridized carbons (Fsp3) is 0.0435. The van der Waals surface area contributed by atoms with Gasteiger partial charge in [-0.1, -0.05) is 30.0 Å². The third-order valence-corrected chi connectivity index (χ3v) is 5.31. The normalized spacial score (nSPS) is 10.4. The predicted molar refractivity (Wildman–Crippen MR) is 124 cm³/mol. The number of amides is 2. The first-order chi connectivity index (χ1) is 15.2. The Morgan fingerprint density at radius 1 is 0.806 bits per heavy atom. The lowest BCUT2D eigenvalue weighted by atomic mass is 10.2. The number of hydrogen-bond acceptors (Lipinski definition) is 6. The Balaban J connectivity index is 1.45. The van der Waals surface area contributed by atoms with E-state index in [2.05, 4.69) is 30.9 Å². The second-order valence-electron chi connectivity index (χ2n) is 6.44. The van der Waals surface area contributed by atoms with E-state index in [1.165, 1.54) is 11.8 Å². The van der Waals surface area contributed by atoms with Crippen molar-refractivity contribution in [3.63, 3.8) is 0 Å². The Bertz CT molecular complexity index is 1170. The van der Waals surface area contributed by atoms with Crippen LogP contribution < -0.4 is 16.0 Å². The highest BCUT2D eigenvalue weighted by Gasteiger charge is 2.10. The van der Waals surface area contributed by atoms with Crippen molar-refractivity contribution in [1.29, 1.82) is 0 Å². The van der Waals surface area contributed by atoms with E-state index in [1.54, 1.807) is 19.4 Å². The molecule has 2 aromatic heterocycles. The number of rotatable bonds is 6. The van der Waals surface area contributed by atoms with Gasteiger partial charge in [-0.2, -0.15) is 0 Å². The average Bonchev–Trinajstić information content (AvgIpc) is 2.81. The largest absolute Gasteiger partial charge is 0.357 e. The summed E-state index contributed by atoms with van der Waals surface area (Å²) in [6.07, 6.45) is 3.48. The molecule has 0 atom stereocenters. The van der Waals surface area contributed by atoms with Crippen LogP contribution in [0.5, 0.6) is 0 Å². The van der Waals surface area contributed by atoms with Gasteiger partial charge in [0.25, 0.3) is 0 Å². The molecular formula is C23H20N6OS. The molecule has 0 unspecified atom stereocenters. The van der Waals surface area contributed by atoms with E-state index in [1.807, 2.05) is 72.8 Å². The predicted octanol–water partition coefficient (Wildman–Crippen LogP) is 5.38. The molecule has 0 aliphatic carbocycles. The van der Waals surface area contributed by atoms with Crippen LogP contribution in [-0.2, 0) is 0 Å². The van der Waals surface area contributed by atoms with Crippen molar-refractivity contribution in [2.24, 2.45) is 0 Å². The molecule has 7 nitrogen and oxygen atoms in total. The van der Waals surface area contributed by atoms with Crippen molar-refractivity contribution in [2.45, 2.75) is 9.92 Å². The molecule has 3 N–H and O–H groups in total. The maximum absolute atomic E-state index is 12.2. The van der Waals surface area contributed by atoms with E-state index in [-0.39, 0.29) is 6.03 Å². The molecule has 0 aliphatic heterocycles. The summed E-state index contributed by atoms with van der Waals surface area (Å²) in [6, 6.07) is 22.4. The number of benzene rings is 2. The van der Waals surface area contributed by atoms with Gasteiger partial charge in [-0.05, 0) is 54.6 Å². The zero-order valence-electron chi connectivity index (χ0n) is 16.7. The van der Waals surface area contributed by atoms with Gasteiger partial charge in [0.1, 0.15) is 5.03 Å². The summed E-state index contributed by atoms with van der Waals surface area (Å²) >= 11 is 1.53. The van der Waals surface area contributed by atoms with Gasteiger partial charge in [0.15, 0.2) is 0 Å². The number of anilines is 3. The molecule has 0 radical (unpaired) electrons. The Morgan fingerprint density at radius 3 is 2.29 bits per heavy atom. The van der Waals surface area contributed by atoms with Crippen LogP contribution in [0.25, 0.3) is 11.3 Å². The van der Waals surface area contributed by atoms with Crippen LogP contribution in [-0.4, -0.2) is 28.0 Å². The molecule has 4 aromatic rings. The molecule has 0 saturated heterocycles. The van der Waals surface area contributed by atoms with Gasteiger partial charge in [0.05, 0.1) is 5.69 Å². The summed E-state index contributed by atoms with van der Waals surface area (Å²) in [6.45, 7) is 0. The van der Waals surface area contributed by atoms with Crippen LogP contribution in [0.2, 0.25) is 0 Å². The van der Waals surface area contributed by atoms with Crippen molar-refractivity contribution in [3.05, 3.63) is 85.2 Å². The van der Waals surface area contributed by atoms with Crippen molar-refractivity contribution in [1.82, 2.24) is 15.0 Å². The molecule has 31 heavy (non-hydrogen) atoms. The number of carbonyl (C=O) groups excluding carboxylic acids is 1. The Kier molecular flexibility index (Phi) is 6.39. The van der Waals surface area contributed by atoms with Crippen LogP contribution in [0.1, 0.15) is 0 Å². The summed E-state index contributed by atoms with van der Waals surface area (Å²) in [4.78, 5) is 26.4. The highest BCUT2D eigenvalue weighted by Crippen LogP contribution is 2.34. The molecule has 8 heteroatoms. The first kappa shape index (κ1) is 20.4. The summed E-state index contributed by atoms with van der Waals surface area (Å²) in [5.74, 6) is 0.557. The number of urea groups is 1. The lowest BCUT2D eigenvalue weighted by molar-refractivity contribution is 0.262. The zero-order valence-corrected chi connectivity index (χ0v) is 17.6. The molecule has 0 aliphatic rings. The fourth-order valence-electron chi connectivity index (χ4n) is 2.83. The molecule has 0 bridgehead atoms. The minimum Gasteiger partial charge on any atom is -0.357 e. The first-order valence-corrected chi connectivity index (χ1v) is 10.4. The number of aromatic nitrogens is 3. The monoisotopic (exact) mass is 428 g/mol. The smallest absolute Gasteiger partial charge is 0.323 e. The topological polar surface area (TPSA) is 91.8 Å². The standard InChI is InChI=1S/C23H20N6OS/c1-24-22-26-15-13-20(29-22)19-8-5-14-25-21(19)31-18-11-9-17(10-12-18)28-23(30)27-16-6-3-2-4-7-16/h2-15H,1H3,(H,24,26,29)(H2,27,28,30). The van der Waals surface area contributed by atoms with Gasteiger partial charge in [0.2, 0.25) is 5.95 Å². The molecule has 0 saturated carbocycles.